The van der Waals surface area contributed by atoms with E-state index in [2.05, 4.69) is 4.98 Å². The molecule has 0 radical (unpaired) electrons. The number of hydrogen-bond acceptors (Lipinski definition) is 3. The van der Waals surface area contributed by atoms with Crippen molar-refractivity contribution in [1.82, 2.24) is 9.88 Å². The number of likely N-dealkylation sites (tertiary alicyclic amines) is 1. The molecule has 5 heteroatoms. The third kappa shape index (κ3) is 2.38. The van der Waals surface area contributed by atoms with Crippen LogP contribution < -0.4 is 5.73 Å². The highest BCUT2D eigenvalue weighted by molar-refractivity contribution is 6.02. The molecule has 2 heterocycles. The van der Waals surface area contributed by atoms with E-state index >= 15 is 0 Å². The Morgan fingerprint density at radius 3 is 2.70 bits per heavy atom. The zero-order chi connectivity index (χ0) is 14.9. The summed E-state index contributed by atoms with van der Waals surface area (Å²) in [5.74, 6) is -0.0168. The third-order valence-corrected chi connectivity index (χ3v) is 4.12. The molecule has 0 saturated carbocycles. The van der Waals surface area contributed by atoms with Crippen molar-refractivity contribution in [2.45, 2.75) is 46.1 Å². The highest BCUT2D eigenvalue weighted by Gasteiger charge is 2.31. The molecule has 1 aromatic heterocycles. The molecule has 1 fully saturated rings. The first-order valence-corrected chi connectivity index (χ1v) is 7.24. The minimum absolute atomic E-state index is 0.00597. The molecule has 110 valence electrons. The fourth-order valence-corrected chi connectivity index (χ4v) is 3.18. The van der Waals surface area contributed by atoms with Crippen molar-refractivity contribution in [3.63, 3.8) is 0 Å². The van der Waals surface area contributed by atoms with Crippen molar-refractivity contribution >= 4 is 11.7 Å². The van der Waals surface area contributed by atoms with Crippen LogP contribution in [0.4, 0.5) is 0 Å². The fraction of sp³-hybridized carbons (Fsp3) is 0.600. The second-order valence-electron chi connectivity index (χ2n) is 5.42. The molecule has 20 heavy (non-hydrogen) atoms. The molecule has 1 saturated heterocycles. The van der Waals surface area contributed by atoms with Gasteiger partial charge in [-0.25, -0.2) is 0 Å². The zero-order valence-corrected chi connectivity index (χ0v) is 12.5. The number of aromatic nitrogens is 1. The van der Waals surface area contributed by atoms with Gasteiger partial charge in [-0.2, -0.15) is 0 Å². The van der Waals surface area contributed by atoms with Crippen molar-refractivity contribution < 1.29 is 9.59 Å². The van der Waals surface area contributed by atoms with Gasteiger partial charge in [-0.15, -0.1) is 0 Å². The summed E-state index contributed by atoms with van der Waals surface area (Å²) in [4.78, 5) is 29.4. The average molecular weight is 277 g/mol. The largest absolute Gasteiger partial charge is 0.354 e. The van der Waals surface area contributed by atoms with Gasteiger partial charge in [0.25, 0.3) is 5.91 Å². The van der Waals surface area contributed by atoms with E-state index < -0.39 is 0 Å². The van der Waals surface area contributed by atoms with Crippen LogP contribution in [0.3, 0.4) is 0 Å². The lowest BCUT2D eigenvalue weighted by molar-refractivity contribution is 0.0734. The van der Waals surface area contributed by atoms with Gasteiger partial charge in [0.15, 0.2) is 5.78 Å². The Labute approximate surface area is 119 Å². The van der Waals surface area contributed by atoms with Gasteiger partial charge in [-0.1, -0.05) is 6.92 Å². The maximum absolute atomic E-state index is 12.7. The van der Waals surface area contributed by atoms with Crippen molar-refractivity contribution in [2.24, 2.45) is 5.73 Å². The number of Topliss-reactive ketones (excluding diaryl/α,β-unsaturated/α-hetero) is 1. The molecular formula is C15H23N3O2. The first kappa shape index (κ1) is 14.8. The molecule has 0 spiro atoms. The predicted molar refractivity (Wildman–Crippen MR) is 78.0 cm³/mol. The normalized spacial score (nSPS) is 18.6. The summed E-state index contributed by atoms with van der Waals surface area (Å²) >= 11 is 0. The average Bonchev–Trinajstić information content (AvgIpc) is 3.00. The Morgan fingerprint density at radius 1 is 1.45 bits per heavy atom. The van der Waals surface area contributed by atoms with Gasteiger partial charge in [-0.05, 0) is 38.7 Å². The molecule has 0 bridgehead atoms. The van der Waals surface area contributed by atoms with Crippen LogP contribution in [0.25, 0.3) is 0 Å². The molecule has 1 aliphatic heterocycles. The van der Waals surface area contributed by atoms with E-state index in [1.807, 2.05) is 18.7 Å². The van der Waals surface area contributed by atoms with E-state index in [9.17, 15) is 9.59 Å². The first-order valence-electron chi connectivity index (χ1n) is 7.24. The van der Waals surface area contributed by atoms with Crippen LogP contribution in [0.2, 0.25) is 0 Å². The SMILES string of the molecule is CCc1c(C(=O)N2CCCC2CN)[nH]c(C)c1C(C)=O. The molecule has 2 rings (SSSR count). The minimum atomic E-state index is -0.0228. The molecule has 3 N–H and O–H groups in total. The number of aryl methyl sites for hydroxylation is 1. The Balaban J connectivity index is 2.40. The van der Waals surface area contributed by atoms with Crippen LogP contribution in [0.15, 0.2) is 0 Å². The van der Waals surface area contributed by atoms with Crippen molar-refractivity contribution in [3.8, 4) is 0 Å². The van der Waals surface area contributed by atoms with Gasteiger partial charge in [0.05, 0.1) is 0 Å². The molecule has 0 aliphatic carbocycles. The van der Waals surface area contributed by atoms with Crippen LogP contribution in [-0.4, -0.2) is 40.7 Å². The lowest BCUT2D eigenvalue weighted by Gasteiger charge is -2.23. The van der Waals surface area contributed by atoms with Crippen molar-refractivity contribution in [2.75, 3.05) is 13.1 Å². The van der Waals surface area contributed by atoms with Crippen LogP contribution in [0, 0.1) is 6.92 Å². The van der Waals surface area contributed by atoms with Gasteiger partial charge in [0.2, 0.25) is 0 Å². The summed E-state index contributed by atoms with van der Waals surface area (Å²) in [7, 11) is 0. The standard InChI is InChI=1S/C15H23N3O2/c1-4-12-13(10(3)19)9(2)17-14(12)15(20)18-7-5-6-11(18)8-16/h11,17H,4-8,16H2,1-3H3. The van der Waals surface area contributed by atoms with Crippen molar-refractivity contribution in [3.05, 3.63) is 22.5 Å². The molecular weight excluding hydrogens is 254 g/mol. The Morgan fingerprint density at radius 2 is 2.15 bits per heavy atom. The topological polar surface area (TPSA) is 79.2 Å². The molecule has 1 unspecified atom stereocenters. The number of H-pyrrole nitrogens is 1. The van der Waals surface area contributed by atoms with E-state index in [1.54, 1.807) is 6.92 Å². The number of amides is 1. The smallest absolute Gasteiger partial charge is 0.270 e. The van der Waals surface area contributed by atoms with Crippen LogP contribution in [0.5, 0.6) is 0 Å². The highest BCUT2D eigenvalue weighted by Crippen LogP contribution is 2.25. The summed E-state index contributed by atoms with van der Waals surface area (Å²) < 4.78 is 0. The second kappa shape index (κ2) is 5.79. The van der Waals surface area contributed by atoms with Crippen LogP contribution in [-0.2, 0) is 6.42 Å². The Kier molecular flexibility index (Phi) is 4.28. The van der Waals surface area contributed by atoms with E-state index in [0.29, 0.717) is 24.2 Å². The summed E-state index contributed by atoms with van der Waals surface area (Å²) in [5, 5.41) is 0. The van der Waals surface area contributed by atoms with E-state index in [4.69, 9.17) is 5.73 Å². The van der Waals surface area contributed by atoms with Crippen LogP contribution >= 0.6 is 0 Å². The number of carbonyl (C=O) groups excluding carboxylic acids is 2. The maximum Gasteiger partial charge on any atom is 0.270 e. The van der Waals surface area contributed by atoms with Gasteiger partial charge in [-0.3, -0.25) is 9.59 Å². The number of nitrogens with one attached hydrogen (secondary N) is 1. The van der Waals surface area contributed by atoms with E-state index in [-0.39, 0.29) is 17.7 Å². The summed E-state index contributed by atoms with van der Waals surface area (Å²) in [6.45, 7) is 6.60. The van der Waals surface area contributed by atoms with Crippen LogP contribution in [0.1, 0.15) is 58.8 Å². The second-order valence-corrected chi connectivity index (χ2v) is 5.42. The number of nitrogens with zero attached hydrogens (tertiary/aromatic N) is 1. The zero-order valence-electron chi connectivity index (χ0n) is 12.5. The molecule has 1 aliphatic rings. The number of carbonyl (C=O) groups is 2. The van der Waals surface area contributed by atoms with E-state index in [0.717, 1.165) is 30.6 Å². The lowest BCUT2D eigenvalue weighted by Crippen LogP contribution is -2.40. The number of hydrogen-bond donors (Lipinski definition) is 2. The monoisotopic (exact) mass is 277 g/mol. The maximum atomic E-state index is 12.7. The third-order valence-electron chi connectivity index (χ3n) is 4.12. The summed E-state index contributed by atoms with van der Waals surface area (Å²) in [5.41, 5.74) is 8.58. The molecule has 5 nitrogen and oxygen atoms in total. The van der Waals surface area contributed by atoms with Gasteiger partial charge in [0.1, 0.15) is 5.69 Å². The minimum Gasteiger partial charge on any atom is -0.354 e. The quantitative estimate of drug-likeness (QED) is 0.821. The molecule has 1 amide bonds. The molecule has 1 atom stereocenters. The number of nitrogens with two attached hydrogens (primary N) is 1. The van der Waals surface area contributed by atoms with Gasteiger partial charge >= 0.3 is 0 Å². The van der Waals surface area contributed by atoms with Crippen molar-refractivity contribution in [1.29, 1.82) is 0 Å². The fourth-order valence-electron chi connectivity index (χ4n) is 3.18. The van der Waals surface area contributed by atoms with Gasteiger partial charge < -0.3 is 15.6 Å². The lowest BCUT2D eigenvalue weighted by atomic mass is 10.0. The Hall–Kier alpha value is -1.62. The predicted octanol–water partition coefficient (Wildman–Crippen LogP) is 1.65. The Bertz CT molecular complexity index is 533. The summed E-state index contributed by atoms with van der Waals surface area (Å²) in [6.07, 6.45) is 2.62. The summed E-state index contributed by atoms with van der Waals surface area (Å²) in [6, 6.07) is 0.122. The van der Waals surface area contributed by atoms with Gasteiger partial charge in [0, 0.05) is 30.4 Å². The molecule has 0 aromatic carbocycles. The highest BCUT2D eigenvalue weighted by atomic mass is 16.2. The number of ketones is 1. The molecule has 1 aromatic rings. The van der Waals surface area contributed by atoms with E-state index in [1.165, 1.54) is 0 Å². The number of aromatic amines is 1. The number of rotatable bonds is 4. The first-order chi connectivity index (χ1) is 9.51.